The van der Waals surface area contributed by atoms with Crippen molar-refractivity contribution < 1.29 is 18.4 Å². The summed E-state index contributed by atoms with van der Waals surface area (Å²) < 4.78 is 25.0. The van der Waals surface area contributed by atoms with E-state index < -0.39 is 18.9 Å². The van der Waals surface area contributed by atoms with Crippen LogP contribution < -0.4 is 5.32 Å². The van der Waals surface area contributed by atoms with Gasteiger partial charge in [0.15, 0.2) is 0 Å². The van der Waals surface area contributed by atoms with Crippen molar-refractivity contribution in [3.8, 4) is 0 Å². The van der Waals surface area contributed by atoms with Crippen LogP contribution in [0.5, 0.6) is 0 Å². The number of carbonyl (C=O) groups is 2. The van der Waals surface area contributed by atoms with Gasteiger partial charge in [0, 0.05) is 72.7 Å². The van der Waals surface area contributed by atoms with Crippen LogP contribution in [0.25, 0.3) is 16.6 Å². The van der Waals surface area contributed by atoms with E-state index in [1.54, 1.807) is 11.1 Å². The molecule has 2 amide bonds. The Hall–Kier alpha value is -4.61. The number of alkyl halides is 2. The number of carbonyl (C=O) groups excluding carboxylic acids is 2. The molecule has 1 fully saturated rings. The summed E-state index contributed by atoms with van der Waals surface area (Å²) in [6.45, 7) is 4.23. The van der Waals surface area contributed by atoms with Gasteiger partial charge in [0.1, 0.15) is 17.3 Å². The number of aromatic amines is 1. The molecule has 12 heteroatoms. The van der Waals surface area contributed by atoms with Crippen LogP contribution in [0.1, 0.15) is 29.3 Å². The van der Waals surface area contributed by atoms with E-state index >= 15 is 0 Å². The number of amides is 2. The van der Waals surface area contributed by atoms with Crippen molar-refractivity contribution in [2.45, 2.75) is 19.8 Å². The summed E-state index contributed by atoms with van der Waals surface area (Å²) in [6.07, 6.45) is 10.4. The van der Waals surface area contributed by atoms with E-state index in [2.05, 4.69) is 43.3 Å². The van der Waals surface area contributed by atoms with Crippen molar-refractivity contribution in [1.82, 2.24) is 30.0 Å². The maximum atomic E-state index is 13.4. The number of amidine groups is 2. The fourth-order valence-electron chi connectivity index (χ4n) is 5.11. The molecule has 0 radical (unpaired) electrons. The molecule has 0 aliphatic carbocycles. The number of aromatic nitrogens is 2. The van der Waals surface area contributed by atoms with Crippen molar-refractivity contribution in [3.05, 3.63) is 71.5 Å². The summed E-state index contributed by atoms with van der Waals surface area (Å²) in [5.74, 6) is 0.914. The smallest absolute Gasteiger partial charge is 0.255 e. The number of hydrogen-bond acceptors (Lipinski definition) is 7. The number of pyridine rings is 1. The molecule has 10 nitrogen and oxygen atoms in total. The first-order chi connectivity index (χ1) is 19.4. The largest absolute Gasteiger partial charge is 0.347 e. The molecular formula is C28H28F2N8O2. The third-order valence-corrected chi connectivity index (χ3v) is 7.22. The molecule has 206 valence electrons. The second-order valence-corrected chi connectivity index (χ2v) is 10.1. The minimum atomic E-state index is -2.61. The van der Waals surface area contributed by atoms with Crippen molar-refractivity contribution in [3.63, 3.8) is 0 Å². The first-order valence-electron chi connectivity index (χ1n) is 13.1. The number of halogens is 2. The van der Waals surface area contributed by atoms with E-state index in [1.165, 1.54) is 11.8 Å². The predicted molar refractivity (Wildman–Crippen MR) is 148 cm³/mol. The number of nitrogens with one attached hydrogen (secondary N) is 2. The Bertz CT molecular complexity index is 1560. The quantitative estimate of drug-likeness (QED) is 0.600. The molecule has 2 aromatic rings. The molecule has 0 atom stereocenters. The minimum Gasteiger partial charge on any atom is -0.347 e. The Kier molecular flexibility index (Phi) is 6.74. The van der Waals surface area contributed by atoms with E-state index in [9.17, 15) is 18.4 Å². The number of allylic oxidation sites excluding steroid dienone is 2. The molecule has 0 spiro atoms. The maximum absolute atomic E-state index is 13.4. The van der Waals surface area contributed by atoms with Gasteiger partial charge in [-0.25, -0.2) is 18.8 Å². The Morgan fingerprint density at radius 1 is 1.15 bits per heavy atom. The van der Waals surface area contributed by atoms with Gasteiger partial charge < -0.3 is 25.0 Å². The molecule has 6 heterocycles. The van der Waals surface area contributed by atoms with Crippen LogP contribution in [0.15, 0.2) is 70.3 Å². The lowest BCUT2D eigenvalue weighted by Crippen LogP contribution is -2.51. The number of hydrogen-bond donors (Lipinski definition) is 2. The van der Waals surface area contributed by atoms with Crippen molar-refractivity contribution in [1.29, 1.82) is 0 Å². The minimum absolute atomic E-state index is 0.0889. The van der Waals surface area contributed by atoms with Crippen molar-refractivity contribution in [2.75, 3.05) is 39.3 Å². The van der Waals surface area contributed by atoms with Gasteiger partial charge in [-0.15, -0.1) is 0 Å². The third kappa shape index (κ3) is 5.04. The van der Waals surface area contributed by atoms with Crippen LogP contribution in [-0.4, -0.2) is 93.8 Å². The van der Waals surface area contributed by atoms with Gasteiger partial charge in [-0.05, 0) is 37.1 Å². The van der Waals surface area contributed by atoms with Crippen LogP contribution in [0.3, 0.4) is 0 Å². The highest BCUT2D eigenvalue weighted by Crippen LogP contribution is 2.29. The van der Waals surface area contributed by atoms with Gasteiger partial charge >= 0.3 is 0 Å². The van der Waals surface area contributed by atoms with Gasteiger partial charge in [0.25, 0.3) is 12.3 Å². The van der Waals surface area contributed by atoms with Gasteiger partial charge in [-0.3, -0.25) is 14.6 Å². The lowest BCUT2D eigenvalue weighted by Gasteiger charge is -2.37. The lowest BCUT2D eigenvalue weighted by atomic mass is 10.0. The molecule has 0 unspecified atom stereocenters. The molecule has 2 N–H and O–H groups in total. The third-order valence-electron chi connectivity index (χ3n) is 7.22. The summed E-state index contributed by atoms with van der Waals surface area (Å²) in [5.41, 5.74) is 4.48. The monoisotopic (exact) mass is 546 g/mol. The normalized spacial score (nSPS) is 18.8. The van der Waals surface area contributed by atoms with E-state index in [4.69, 9.17) is 0 Å². The number of piperazine rings is 1. The average Bonchev–Trinajstić information content (AvgIpc) is 3.27. The van der Waals surface area contributed by atoms with Crippen LogP contribution in [-0.2, 0) is 4.79 Å². The number of rotatable bonds is 5. The molecule has 0 bridgehead atoms. The highest BCUT2D eigenvalue weighted by Gasteiger charge is 2.28. The Balaban J connectivity index is 1.19. The Morgan fingerprint density at radius 2 is 2.02 bits per heavy atom. The molecule has 0 saturated carbocycles. The second-order valence-electron chi connectivity index (χ2n) is 10.1. The van der Waals surface area contributed by atoms with Crippen molar-refractivity contribution in [2.24, 2.45) is 9.98 Å². The summed E-state index contributed by atoms with van der Waals surface area (Å²) in [5, 5.41) is 3.05. The topological polar surface area (TPSA) is 109 Å². The molecule has 0 aromatic carbocycles. The molecular weight excluding hydrogens is 518 g/mol. The number of fused-ring (bicyclic) bond motifs is 3. The molecule has 40 heavy (non-hydrogen) atoms. The Morgan fingerprint density at radius 3 is 2.88 bits per heavy atom. The fourth-order valence-corrected chi connectivity index (χ4v) is 5.11. The number of nitrogens with zero attached hydrogens (tertiary/aromatic N) is 6. The Labute approximate surface area is 229 Å². The molecule has 4 aliphatic heterocycles. The molecule has 2 aromatic heterocycles. The van der Waals surface area contributed by atoms with Gasteiger partial charge in [-0.2, -0.15) is 0 Å². The first kappa shape index (κ1) is 25.7. The zero-order valence-electron chi connectivity index (χ0n) is 21.9. The fraction of sp³-hybridized carbons (Fsp3) is 0.321. The summed E-state index contributed by atoms with van der Waals surface area (Å²) in [4.78, 5) is 48.2. The van der Waals surface area contributed by atoms with Crippen LogP contribution in [0.4, 0.5) is 8.78 Å². The van der Waals surface area contributed by atoms with E-state index in [0.717, 1.165) is 22.4 Å². The van der Waals surface area contributed by atoms with E-state index in [-0.39, 0.29) is 5.91 Å². The number of H-pyrrole nitrogens is 1. The highest BCUT2D eigenvalue weighted by molar-refractivity contribution is 6.05. The zero-order chi connectivity index (χ0) is 27.8. The highest BCUT2D eigenvalue weighted by atomic mass is 19.3. The molecule has 6 rings (SSSR count). The van der Waals surface area contributed by atoms with Crippen LogP contribution in [0, 0.1) is 0 Å². The summed E-state index contributed by atoms with van der Waals surface area (Å²) >= 11 is 0. The van der Waals surface area contributed by atoms with Crippen LogP contribution >= 0.6 is 0 Å². The van der Waals surface area contributed by atoms with Gasteiger partial charge in [-0.1, -0.05) is 0 Å². The van der Waals surface area contributed by atoms with Crippen LogP contribution in [0.2, 0.25) is 0 Å². The standard InChI is InChI=1S/C28H28F2N8O2/c1-17-9-31-25-16-38(7-6-37(25)14-17)28(40)20-8-21-22(12-34-26(21)33-11-20)19-2-3-24-32-10-18(4-5-36(24)15-19)27(39)35-13-23(29)30/h2-3,8,10-12,14-15,23H,4-7,9,13,16H2,1H3,(H,33,34)(H,35,39). The zero-order valence-corrected chi connectivity index (χ0v) is 21.9. The van der Waals surface area contributed by atoms with Gasteiger partial charge in [0.05, 0.1) is 25.2 Å². The average molecular weight is 547 g/mol. The van der Waals surface area contributed by atoms with Crippen molar-refractivity contribution >= 4 is 40.1 Å². The number of aliphatic imine (C=N–C) groups is 2. The predicted octanol–water partition coefficient (Wildman–Crippen LogP) is 2.92. The molecule has 4 aliphatic rings. The summed E-state index contributed by atoms with van der Waals surface area (Å²) in [7, 11) is 0. The SMILES string of the molecule is CC1=CN2CCN(C(=O)c3cnc4[nH]cc(C5=CN6CCC(C(=O)NCC(F)F)=CN=C6C=C5)c4c3)CC2=NC1. The van der Waals surface area contributed by atoms with E-state index in [0.29, 0.717) is 61.8 Å². The lowest BCUT2D eigenvalue weighted by molar-refractivity contribution is -0.118. The molecule has 1 saturated heterocycles. The first-order valence-corrected chi connectivity index (χ1v) is 13.1. The van der Waals surface area contributed by atoms with Gasteiger partial charge in [0.2, 0.25) is 5.91 Å². The van der Waals surface area contributed by atoms with E-state index in [1.807, 2.05) is 35.5 Å². The second kappa shape index (κ2) is 10.5. The summed E-state index contributed by atoms with van der Waals surface area (Å²) in [6, 6.07) is 1.86. The maximum Gasteiger partial charge on any atom is 0.255 e.